The number of aryl methyl sites for hydroxylation is 1. The Bertz CT molecular complexity index is 396. The van der Waals surface area contributed by atoms with Crippen molar-refractivity contribution in [2.24, 2.45) is 5.92 Å². The quantitative estimate of drug-likeness (QED) is 0.860. The fourth-order valence-electron chi connectivity index (χ4n) is 3.44. The fourth-order valence-corrected chi connectivity index (χ4v) is 3.44. The third-order valence-corrected chi connectivity index (χ3v) is 4.40. The molecule has 2 aliphatic rings. The zero-order valence-electron chi connectivity index (χ0n) is 11.5. The first kappa shape index (κ1) is 12.2. The van der Waals surface area contributed by atoms with Gasteiger partial charge in [0.2, 0.25) is 0 Å². The van der Waals surface area contributed by atoms with E-state index in [9.17, 15) is 0 Å². The third kappa shape index (κ3) is 2.08. The molecule has 2 unspecified atom stereocenters. The maximum Gasteiger partial charge on any atom is 0.0561 e. The molecule has 2 atom stereocenters. The maximum atomic E-state index is 4.46. The van der Waals surface area contributed by atoms with Crippen molar-refractivity contribution in [1.29, 1.82) is 0 Å². The Labute approximate surface area is 109 Å². The highest BCUT2D eigenvalue weighted by molar-refractivity contribution is 5.13. The van der Waals surface area contributed by atoms with E-state index in [4.69, 9.17) is 0 Å². The van der Waals surface area contributed by atoms with Crippen LogP contribution in [0.15, 0.2) is 12.3 Å². The number of nitrogens with one attached hydrogen (secondary N) is 1. The van der Waals surface area contributed by atoms with Crippen molar-refractivity contribution in [2.75, 3.05) is 20.1 Å². The molecule has 1 aromatic heterocycles. The van der Waals surface area contributed by atoms with Crippen LogP contribution in [0.2, 0.25) is 0 Å². The summed E-state index contributed by atoms with van der Waals surface area (Å²) >= 11 is 0. The van der Waals surface area contributed by atoms with E-state index in [1.165, 1.54) is 31.5 Å². The monoisotopic (exact) mass is 248 g/mol. The van der Waals surface area contributed by atoms with Crippen molar-refractivity contribution >= 4 is 0 Å². The summed E-state index contributed by atoms with van der Waals surface area (Å²) in [6, 6.07) is 3.64. The summed E-state index contributed by atoms with van der Waals surface area (Å²) in [6.45, 7) is 5.53. The second kappa shape index (κ2) is 5.02. The summed E-state index contributed by atoms with van der Waals surface area (Å²) in [5, 5.41) is 7.82. The van der Waals surface area contributed by atoms with Crippen molar-refractivity contribution < 1.29 is 0 Å². The summed E-state index contributed by atoms with van der Waals surface area (Å²) in [5.74, 6) is 0.734. The Hall–Kier alpha value is -0.870. The smallest absolute Gasteiger partial charge is 0.0561 e. The molecule has 4 nitrogen and oxygen atoms in total. The summed E-state index contributed by atoms with van der Waals surface area (Å²) in [5.41, 5.74) is 1.42. The molecule has 1 aliphatic carbocycles. The van der Waals surface area contributed by atoms with Crippen LogP contribution in [0.1, 0.15) is 37.9 Å². The molecule has 0 radical (unpaired) electrons. The van der Waals surface area contributed by atoms with E-state index in [0.29, 0.717) is 6.04 Å². The molecule has 3 rings (SSSR count). The van der Waals surface area contributed by atoms with Crippen LogP contribution in [-0.4, -0.2) is 40.9 Å². The molecule has 100 valence electrons. The summed E-state index contributed by atoms with van der Waals surface area (Å²) in [7, 11) is 2.06. The zero-order valence-corrected chi connectivity index (χ0v) is 11.5. The molecule has 1 saturated heterocycles. The van der Waals surface area contributed by atoms with Gasteiger partial charge in [0.1, 0.15) is 0 Å². The van der Waals surface area contributed by atoms with Crippen molar-refractivity contribution in [3.05, 3.63) is 18.0 Å². The first-order valence-electron chi connectivity index (χ1n) is 7.27. The number of likely N-dealkylation sites (tertiary alicyclic amines) is 1. The summed E-state index contributed by atoms with van der Waals surface area (Å²) in [6.07, 6.45) is 6.06. The van der Waals surface area contributed by atoms with Gasteiger partial charge in [-0.1, -0.05) is 0 Å². The predicted molar refractivity (Wildman–Crippen MR) is 72.4 cm³/mol. The van der Waals surface area contributed by atoms with Crippen LogP contribution in [0, 0.1) is 5.92 Å². The molecule has 0 spiro atoms. The number of nitrogens with zero attached hydrogens (tertiary/aromatic N) is 3. The maximum absolute atomic E-state index is 4.46. The van der Waals surface area contributed by atoms with Crippen molar-refractivity contribution in [3.8, 4) is 0 Å². The minimum Gasteiger partial charge on any atom is -0.319 e. The largest absolute Gasteiger partial charge is 0.319 e. The second-order valence-corrected chi connectivity index (χ2v) is 5.59. The minimum atomic E-state index is 0.576. The Morgan fingerprint density at radius 2 is 2.22 bits per heavy atom. The van der Waals surface area contributed by atoms with Gasteiger partial charge in [0.15, 0.2) is 0 Å². The van der Waals surface area contributed by atoms with Gasteiger partial charge in [0.05, 0.1) is 11.7 Å². The molecule has 18 heavy (non-hydrogen) atoms. The lowest BCUT2D eigenvalue weighted by molar-refractivity contribution is 0.206. The first-order valence-corrected chi connectivity index (χ1v) is 7.27. The van der Waals surface area contributed by atoms with E-state index >= 15 is 0 Å². The van der Waals surface area contributed by atoms with Crippen LogP contribution in [0.5, 0.6) is 0 Å². The Kier molecular flexibility index (Phi) is 3.39. The molecule has 1 aromatic rings. The van der Waals surface area contributed by atoms with Crippen molar-refractivity contribution in [1.82, 2.24) is 20.0 Å². The lowest BCUT2D eigenvalue weighted by Gasteiger charge is -2.28. The molecule has 1 aliphatic heterocycles. The molecule has 1 N–H and O–H groups in total. The van der Waals surface area contributed by atoms with E-state index in [0.717, 1.165) is 25.0 Å². The third-order valence-electron chi connectivity index (χ3n) is 4.40. The Balaban J connectivity index is 1.87. The van der Waals surface area contributed by atoms with E-state index in [-0.39, 0.29) is 0 Å². The van der Waals surface area contributed by atoms with Crippen LogP contribution in [0.4, 0.5) is 0 Å². The van der Waals surface area contributed by atoms with Crippen LogP contribution in [0.25, 0.3) is 0 Å². The number of hydrogen-bond donors (Lipinski definition) is 1. The van der Waals surface area contributed by atoms with Crippen LogP contribution in [-0.2, 0) is 6.54 Å². The molecule has 2 fully saturated rings. The van der Waals surface area contributed by atoms with Crippen LogP contribution in [0.3, 0.4) is 0 Å². The van der Waals surface area contributed by atoms with Gasteiger partial charge in [-0.15, -0.1) is 0 Å². The van der Waals surface area contributed by atoms with Gasteiger partial charge < -0.3 is 5.32 Å². The molecule has 2 heterocycles. The average Bonchev–Trinajstić information content (AvgIpc) is 2.98. The lowest BCUT2D eigenvalue weighted by atomic mass is 9.97. The molecule has 0 bridgehead atoms. The fraction of sp³-hybridized carbons (Fsp3) is 0.786. The highest BCUT2D eigenvalue weighted by Crippen LogP contribution is 2.43. The highest BCUT2D eigenvalue weighted by atomic mass is 15.3. The first-order chi connectivity index (χ1) is 8.85. The molecule has 0 amide bonds. The number of rotatable bonds is 5. The van der Waals surface area contributed by atoms with Crippen LogP contribution < -0.4 is 5.32 Å². The van der Waals surface area contributed by atoms with Crippen LogP contribution >= 0.6 is 0 Å². The van der Waals surface area contributed by atoms with Gasteiger partial charge >= 0.3 is 0 Å². The number of hydrogen-bond acceptors (Lipinski definition) is 3. The van der Waals surface area contributed by atoms with Gasteiger partial charge in [-0.05, 0) is 58.3 Å². The SMILES string of the molecule is CCn1nccc1C1C(CNC)CCN1C1CC1. The zero-order chi connectivity index (χ0) is 12.5. The molecular formula is C14H24N4. The standard InChI is InChI=1S/C14H24N4/c1-3-18-13(6-8-16-18)14-11(10-15-2)7-9-17(14)12-4-5-12/h6,8,11-12,14-15H,3-5,7,9-10H2,1-2H3. The minimum absolute atomic E-state index is 0.576. The van der Waals surface area contributed by atoms with Gasteiger partial charge in [0, 0.05) is 18.8 Å². The Morgan fingerprint density at radius 3 is 2.89 bits per heavy atom. The van der Waals surface area contributed by atoms with Crippen molar-refractivity contribution in [3.63, 3.8) is 0 Å². The predicted octanol–water partition coefficient (Wildman–Crippen LogP) is 1.65. The van der Waals surface area contributed by atoms with Gasteiger partial charge in [-0.2, -0.15) is 5.10 Å². The molecule has 4 heteroatoms. The summed E-state index contributed by atoms with van der Waals surface area (Å²) in [4.78, 5) is 2.73. The van der Waals surface area contributed by atoms with E-state index in [1.807, 2.05) is 6.20 Å². The van der Waals surface area contributed by atoms with E-state index in [1.54, 1.807) is 0 Å². The van der Waals surface area contributed by atoms with Crippen molar-refractivity contribution in [2.45, 2.75) is 44.8 Å². The molecule has 1 saturated carbocycles. The van der Waals surface area contributed by atoms with E-state index < -0.39 is 0 Å². The normalized spacial score (nSPS) is 29.0. The van der Waals surface area contributed by atoms with Gasteiger partial charge in [-0.3, -0.25) is 9.58 Å². The topological polar surface area (TPSA) is 33.1 Å². The molecule has 0 aromatic carbocycles. The molecular weight excluding hydrogens is 224 g/mol. The number of aromatic nitrogens is 2. The highest BCUT2D eigenvalue weighted by Gasteiger charge is 2.43. The Morgan fingerprint density at radius 1 is 1.39 bits per heavy atom. The van der Waals surface area contributed by atoms with Gasteiger partial charge in [0.25, 0.3) is 0 Å². The van der Waals surface area contributed by atoms with E-state index in [2.05, 4.69) is 40.0 Å². The van der Waals surface area contributed by atoms with Gasteiger partial charge in [-0.25, -0.2) is 0 Å². The lowest BCUT2D eigenvalue weighted by Crippen LogP contribution is -2.32. The summed E-state index contributed by atoms with van der Waals surface area (Å²) < 4.78 is 2.17. The average molecular weight is 248 g/mol. The second-order valence-electron chi connectivity index (χ2n) is 5.59.